The number of hydrogen-bond donors (Lipinski definition) is 4. The molecule has 4 aromatic rings. The molecular weight excluding hydrogens is 588 g/mol. The summed E-state index contributed by atoms with van der Waals surface area (Å²) in [5.74, 6) is -0.294. The lowest BCUT2D eigenvalue weighted by molar-refractivity contribution is -0.135. The standard InChI is InChI=1S/C35H38N4O7/c1-17(2)27(42)24(41)14-19-12-18-10-11-25-22(13-18)35(21-8-6-7-9-23(21)37-33(35)45-25)29-26(31-36-20(15-40)16-44-31)38-32(46-29)28(34(3,4)5)39-30(19)43/h6-11,13,16-17,19,27-28,33,37,40,42H,12,14-15H2,1-5H3,(H,39,43)/t19-,27+,28-,33?,35+/m1/s1. The van der Waals surface area contributed by atoms with Crippen molar-refractivity contribution in [3.05, 3.63) is 82.8 Å². The molecule has 1 amide bonds. The quantitative estimate of drug-likeness (QED) is 0.237. The van der Waals surface area contributed by atoms with Crippen molar-refractivity contribution in [1.82, 2.24) is 15.3 Å². The van der Waals surface area contributed by atoms with Crippen molar-refractivity contribution < 1.29 is 33.4 Å². The number of nitrogens with one attached hydrogen (secondary N) is 2. The highest BCUT2D eigenvalue weighted by atomic mass is 16.5. The third-order valence-corrected chi connectivity index (χ3v) is 9.33. The summed E-state index contributed by atoms with van der Waals surface area (Å²) in [6.07, 6.45) is -0.263. The SMILES string of the molecule is CC(C)[C@H](O)C(=O)C[C@H]1Cc2ccc3c(c2)[C@@]2(c4ccccc4NC2O3)c2oc(nc2-c2nc(CO)co2)[C@H](C(C)(C)C)NC1=O. The lowest BCUT2D eigenvalue weighted by Crippen LogP contribution is -2.42. The van der Waals surface area contributed by atoms with Crippen molar-refractivity contribution in [2.24, 2.45) is 17.3 Å². The van der Waals surface area contributed by atoms with Crippen LogP contribution in [-0.4, -0.2) is 44.2 Å². The van der Waals surface area contributed by atoms with Crippen molar-refractivity contribution in [2.45, 2.75) is 77.9 Å². The molecule has 3 aliphatic rings. The second-order valence-corrected chi connectivity index (χ2v) is 13.9. The monoisotopic (exact) mass is 626 g/mol. The molecule has 11 nitrogen and oxygen atoms in total. The van der Waals surface area contributed by atoms with Gasteiger partial charge >= 0.3 is 0 Å². The number of ketones is 1. The third kappa shape index (κ3) is 4.63. The van der Waals surface area contributed by atoms with E-state index in [0.29, 0.717) is 22.9 Å². The molecule has 7 rings (SSSR count). The Morgan fingerprint density at radius 1 is 1.11 bits per heavy atom. The molecule has 3 aliphatic heterocycles. The van der Waals surface area contributed by atoms with Crippen LogP contribution in [0.2, 0.25) is 0 Å². The molecule has 0 radical (unpaired) electrons. The minimum Gasteiger partial charge on any atom is -0.469 e. The summed E-state index contributed by atoms with van der Waals surface area (Å²) in [5, 5.41) is 27.1. The van der Waals surface area contributed by atoms with Gasteiger partial charge in [-0.15, -0.1) is 0 Å². The number of benzene rings is 2. The van der Waals surface area contributed by atoms with E-state index in [-0.39, 0.29) is 48.8 Å². The van der Waals surface area contributed by atoms with Gasteiger partial charge in [0.25, 0.3) is 0 Å². The predicted octanol–water partition coefficient (Wildman–Crippen LogP) is 4.65. The van der Waals surface area contributed by atoms with Crippen LogP contribution in [0, 0.1) is 17.3 Å². The van der Waals surface area contributed by atoms with Crippen LogP contribution in [-0.2, 0) is 28.0 Å². The number of para-hydroxylation sites is 1. The van der Waals surface area contributed by atoms with Gasteiger partial charge in [-0.2, -0.15) is 0 Å². The minimum absolute atomic E-state index is 0.129. The fourth-order valence-electron chi connectivity index (χ4n) is 6.90. The summed E-state index contributed by atoms with van der Waals surface area (Å²) in [6, 6.07) is 13.0. The van der Waals surface area contributed by atoms with Crippen LogP contribution in [0.15, 0.2) is 57.6 Å². The van der Waals surface area contributed by atoms with Gasteiger partial charge in [0.05, 0.1) is 6.61 Å². The molecule has 0 saturated carbocycles. The average molecular weight is 627 g/mol. The van der Waals surface area contributed by atoms with Gasteiger partial charge in [-0.3, -0.25) is 9.59 Å². The normalized spacial score (nSPS) is 23.8. The third-order valence-electron chi connectivity index (χ3n) is 9.33. The number of rotatable bonds is 6. The van der Waals surface area contributed by atoms with E-state index in [4.69, 9.17) is 18.6 Å². The van der Waals surface area contributed by atoms with E-state index in [1.807, 2.05) is 63.2 Å². The maximum atomic E-state index is 14.1. The van der Waals surface area contributed by atoms with Crippen molar-refractivity contribution in [1.29, 1.82) is 0 Å². The van der Waals surface area contributed by atoms with E-state index in [0.717, 1.165) is 22.4 Å². The van der Waals surface area contributed by atoms with E-state index in [2.05, 4.69) is 15.6 Å². The van der Waals surface area contributed by atoms with Crippen molar-refractivity contribution in [3.63, 3.8) is 0 Å². The molecule has 0 aliphatic carbocycles. The summed E-state index contributed by atoms with van der Waals surface area (Å²) in [5.41, 5.74) is 2.48. The van der Waals surface area contributed by atoms with E-state index in [1.54, 1.807) is 13.8 Å². The summed E-state index contributed by atoms with van der Waals surface area (Å²) in [4.78, 5) is 36.8. The van der Waals surface area contributed by atoms with Crippen LogP contribution in [0.3, 0.4) is 0 Å². The largest absolute Gasteiger partial charge is 0.469 e. The Labute approximate surface area is 266 Å². The molecule has 4 N–H and O–H groups in total. The van der Waals surface area contributed by atoms with Gasteiger partial charge < -0.3 is 34.4 Å². The number of nitrogens with zero attached hydrogens (tertiary/aromatic N) is 2. The number of aliphatic hydroxyl groups excluding tert-OH is 2. The first kappa shape index (κ1) is 30.2. The molecule has 2 aromatic heterocycles. The smallest absolute Gasteiger partial charge is 0.249 e. The Morgan fingerprint density at radius 3 is 2.61 bits per heavy atom. The van der Waals surface area contributed by atoms with Crippen LogP contribution in [0.25, 0.3) is 11.6 Å². The van der Waals surface area contributed by atoms with Crippen LogP contribution in [0.5, 0.6) is 5.75 Å². The molecule has 46 heavy (non-hydrogen) atoms. The number of ether oxygens (including phenoxy) is 1. The van der Waals surface area contributed by atoms with Gasteiger partial charge in [0.2, 0.25) is 17.7 Å². The first-order chi connectivity index (χ1) is 21.9. The van der Waals surface area contributed by atoms with Crippen LogP contribution < -0.4 is 15.4 Å². The number of aliphatic hydroxyl groups is 2. The number of hydrogen-bond acceptors (Lipinski definition) is 10. The lowest BCUT2D eigenvalue weighted by Gasteiger charge is -2.32. The van der Waals surface area contributed by atoms with Gasteiger partial charge in [0.15, 0.2) is 23.5 Å². The van der Waals surface area contributed by atoms with Crippen molar-refractivity contribution >= 4 is 17.4 Å². The molecule has 1 unspecified atom stereocenters. The zero-order valence-electron chi connectivity index (χ0n) is 26.5. The number of amides is 1. The zero-order chi connectivity index (χ0) is 32.5. The molecule has 5 atom stereocenters. The first-order valence-electron chi connectivity index (χ1n) is 15.7. The second-order valence-electron chi connectivity index (χ2n) is 13.9. The Morgan fingerprint density at radius 2 is 1.89 bits per heavy atom. The maximum Gasteiger partial charge on any atom is 0.249 e. The molecule has 0 saturated heterocycles. The van der Waals surface area contributed by atoms with Crippen LogP contribution in [0.1, 0.15) is 81.1 Å². The number of carbonyl (C=O) groups excluding carboxylic acids is 2. The van der Waals surface area contributed by atoms with Crippen molar-refractivity contribution in [2.75, 3.05) is 5.32 Å². The summed E-state index contributed by atoms with van der Waals surface area (Å²) in [6.45, 7) is 9.15. The topological polar surface area (TPSA) is 160 Å². The molecule has 1 spiro atoms. The maximum absolute atomic E-state index is 14.1. The number of anilines is 1. The summed E-state index contributed by atoms with van der Waals surface area (Å²) >= 11 is 0. The summed E-state index contributed by atoms with van der Waals surface area (Å²) < 4.78 is 19.3. The Kier molecular flexibility index (Phi) is 7.09. The minimum atomic E-state index is -1.17. The van der Waals surface area contributed by atoms with Gasteiger partial charge in [-0.05, 0) is 41.0 Å². The molecule has 11 heteroatoms. The molecule has 2 aromatic carbocycles. The van der Waals surface area contributed by atoms with Crippen LogP contribution >= 0.6 is 0 Å². The lowest BCUT2D eigenvalue weighted by atomic mass is 9.72. The highest BCUT2D eigenvalue weighted by Crippen LogP contribution is 2.59. The fraction of sp³-hybridized carbons (Fsp3) is 0.429. The van der Waals surface area contributed by atoms with Gasteiger partial charge in [0, 0.05) is 23.6 Å². The van der Waals surface area contributed by atoms with E-state index < -0.39 is 35.1 Å². The first-order valence-corrected chi connectivity index (χ1v) is 15.7. The summed E-state index contributed by atoms with van der Waals surface area (Å²) in [7, 11) is 0. The van der Waals surface area contributed by atoms with Gasteiger partial charge in [-0.25, -0.2) is 9.97 Å². The molecule has 5 heterocycles. The molecule has 4 bridgehead atoms. The molecular formula is C35H38N4O7. The van der Waals surface area contributed by atoms with Gasteiger partial charge in [0.1, 0.15) is 35.3 Å². The number of Topliss-reactive ketones (excluding diaryl/α,β-unsaturated/α-hetero) is 1. The van der Waals surface area contributed by atoms with Crippen molar-refractivity contribution in [3.8, 4) is 17.3 Å². The van der Waals surface area contributed by atoms with Gasteiger partial charge in [-0.1, -0.05) is 65.0 Å². The number of aromatic nitrogens is 2. The average Bonchev–Trinajstić information content (AvgIpc) is 3.78. The molecule has 240 valence electrons. The zero-order valence-corrected chi connectivity index (χ0v) is 26.5. The molecule has 0 fully saturated rings. The predicted molar refractivity (Wildman–Crippen MR) is 167 cm³/mol. The highest BCUT2D eigenvalue weighted by Gasteiger charge is 2.61. The Bertz CT molecular complexity index is 1840. The number of fused-ring (bicyclic) bond motifs is 4. The van der Waals surface area contributed by atoms with E-state index in [1.165, 1.54) is 6.26 Å². The number of oxazole rings is 2. The van der Waals surface area contributed by atoms with E-state index >= 15 is 0 Å². The fourth-order valence-corrected chi connectivity index (χ4v) is 6.90. The van der Waals surface area contributed by atoms with Crippen LogP contribution in [0.4, 0.5) is 5.69 Å². The second kappa shape index (κ2) is 10.8. The Hall–Kier alpha value is -4.48. The highest BCUT2D eigenvalue weighted by molar-refractivity contribution is 5.89. The van der Waals surface area contributed by atoms with E-state index in [9.17, 15) is 19.8 Å². The number of carbonyl (C=O) groups is 2. The Balaban J connectivity index is 1.49.